The highest BCUT2D eigenvalue weighted by Crippen LogP contribution is 2.29. The van der Waals surface area contributed by atoms with E-state index in [1.165, 1.54) is 0 Å². The summed E-state index contributed by atoms with van der Waals surface area (Å²) in [6.07, 6.45) is -3.61. The second-order valence-electron chi connectivity index (χ2n) is 2.42. The summed E-state index contributed by atoms with van der Waals surface area (Å²) in [7, 11) is 0. The van der Waals surface area contributed by atoms with Gasteiger partial charge in [-0.1, -0.05) is 17.7 Å². The number of aromatic nitrogens is 1. The van der Waals surface area contributed by atoms with Crippen LogP contribution >= 0.6 is 11.6 Å². The number of nitroso groups, excluding NO2 is 1. The number of rotatable bonds is 2. The van der Waals surface area contributed by atoms with Crippen LogP contribution in [0.25, 0.3) is 0 Å². The zero-order valence-corrected chi connectivity index (χ0v) is 7.38. The Labute approximate surface area is 81.9 Å². The maximum atomic E-state index is 12.0. The van der Waals surface area contributed by atoms with Crippen LogP contribution in [0, 0.1) is 4.91 Å². The van der Waals surface area contributed by atoms with Crippen LogP contribution in [0.15, 0.2) is 23.5 Å². The summed E-state index contributed by atoms with van der Waals surface area (Å²) < 4.78 is 36.1. The molecule has 0 aliphatic heterocycles. The average molecular weight is 225 g/mol. The Bertz CT molecular complexity index is 325. The van der Waals surface area contributed by atoms with Crippen LogP contribution in [0.3, 0.4) is 0 Å². The molecule has 0 spiro atoms. The maximum absolute atomic E-state index is 12.0. The molecule has 1 atom stereocenters. The Balaban J connectivity index is 2.95. The van der Waals surface area contributed by atoms with Gasteiger partial charge in [0.25, 0.3) is 0 Å². The van der Waals surface area contributed by atoms with E-state index in [0.717, 1.165) is 18.3 Å². The second-order valence-corrected chi connectivity index (χ2v) is 2.83. The smallest absolute Gasteiger partial charge is 0.251 e. The summed E-state index contributed by atoms with van der Waals surface area (Å²) in [4.78, 5) is 13.1. The lowest BCUT2D eigenvalue weighted by Gasteiger charge is -2.06. The molecule has 1 aromatic rings. The first-order valence-electron chi connectivity index (χ1n) is 3.45. The van der Waals surface area contributed by atoms with Gasteiger partial charge in [0, 0.05) is 11.8 Å². The highest BCUT2D eigenvalue weighted by molar-refractivity contribution is 6.20. The van der Waals surface area contributed by atoms with Crippen molar-refractivity contribution in [2.24, 2.45) is 5.18 Å². The number of pyridine rings is 1. The fraction of sp³-hybridized carbons (Fsp3) is 0.286. The van der Waals surface area contributed by atoms with Crippen molar-refractivity contribution in [3.8, 4) is 0 Å². The van der Waals surface area contributed by atoms with Crippen molar-refractivity contribution in [3.63, 3.8) is 0 Å². The predicted molar refractivity (Wildman–Crippen MR) is 43.6 cm³/mol. The van der Waals surface area contributed by atoms with Crippen molar-refractivity contribution in [2.45, 2.75) is 11.7 Å². The largest absolute Gasteiger partial charge is 0.433 e. The van der Waals surface area contributed by atoms with Gasteiger partial charge in [0.1, 0.15) is 5.69 Å². The third-order valence-corrected chi connectivity index (χ3v) is 1.78. The summed E-state index contributed by atoms with van der Waals surface area (Å²) >= 11 is 5.36. The lowest BCUT2D eigenvalue weighted by Crippen LogP contribution is -2.07. The van der Waals surface area contributed by atoms with Gasteiger partial charge in [0.05, 0.1) is 0 Å². The first-order chi connectivity index (χ1) is 6.45. The first-order valence-corrected chi connectivity index (χ1v) is 3.88. The second kappa shape index (κ2) is 3.91. The lowest BCUT2D eigenvalue weighted by molar-refractivity contribution is -0.141. The van der Waals surface area contributed by atoms with Crippen molar-refractivity contribution in [3.05, 3.63) is 34.5 Å². The van der Waals surface area contributed by atoms with Crippen LogP contribution in [0.1, 0.15) is 16.8 Å². The van der Waals surface area contributed by atoms with Gasteiger partial charge in [-0.05, 0) is 11.2 Å². The Morgan fingerprint density at radius 2 is 2.07 bits per heavy atom. The topological polar surface area (TPSA) is 42.3 Å². The van der Waals surface area contributed by atoms with Crippen LogP contribution in [0.5, 0.6) is 0 Å². The van der Waals surface area contributed by atoms with E-state index in [0.29, 0.717) is 0 Å². The van der Waals surface area contributed by atoms with Gasteiger partial charge in [-0.25, -0.2) is 0 Å². The SMILES string of the molecule is O=NC(Cl)c1ccc(C(F)(F)F)nc1. The number of halogens is 4. The molecule has 0 bridgehead atoms. The molecule has 0 saturated carbocycles. The standard InChI is InChI=1S/C7H4ClF3N2O/c8-6(13-14)4-1-2-5(12-3-4)7(9,10)11/h1-3,6H. The van der Waals surface area contributed by atoms with Gasteiger partial charge in [-0.2, -0.15) is 13.2 Å². The van der Waals surface area contributed by atoms with E-state index < -0.39 is 17.4 Å². The Morgan fingerprint density at radius 1 is 1.43 bits per heavy atom. The van der Waals surface area contributed by atoms with Crippen LogP contribution in [-0.2, 0) is 6.18 Å². The molecular formula is C7H4ClF3N2O. The monoisotopic (exact) mass is 224 g/mol. The van der Waals surface area contributed by atoms with Gasteiger partial charge in [0.15, 0.2) is 5.50 Å². The van der Waals surface area contributed by atoms with Gasteiger partial charge >= 0.3 is 6.18 Å². The van der Waals surface area contributed by atoms with E-state index >= 15 is 0 Å². The van der Waals surface area contributed by atoms with Crippen molar-refractivity contribution >= 4 is 11.6 Å². The maximum Gasteiger partial charge on any atom is 0.433 e. The Kier molecular flexibility index (Phi) is 3.05. The molecule has 0 saturated heterocycles. The number of nitrogens with zero attached hydrogens (tertiary/aromatic N) is 2. The van der Waals surface area contributed by atoms with Crippen molar-refractivity contribution < 1.29 is 13.2 Å². The Hall–Kier alpha value is -1.17. The summed E-state index contributed by atoms with van der Waals surface area (Å²) in [6, 6.07) is 1.81. The van der Waals surface area contributed by atoms with Gasteiger partial charge < -0.3 is 0 Å². The van der Waals surface area contributed by atoms with E-state index in [4.69, 9.17) is 11.6 Å². The number of alkyl halides is 4. The van der Waals surface area contributed by atoms with Crippen LogP contribution in [0.2, 0.25) is 0 Å². The van der Waals surface area contributed by atoms with Gasteiger partial charge in [-0.15, -0.1) is 4.91 Å². The summed E-state index contributed by atoms with van der Waals surface area (Å²) in [5, 5.41) is 2.44. The molecule has 0 N–H and O–H groups in total. The molecule has 0 aliphatic carbocycles. The normalized spacial score (nSPS) is 13.7. The molecule has 0 radical (unpaired) electrons. The quantitative estimate of drug-likeness (QED) is 0.440. The third-order valence-electron chi connectivity index (χ3n) is 1.44. The first kappa shape index (κ1) is 10.9. The molecule has 76 valence electrons. The van der Waals surface area contributed by atoms with E-state index in [1.54, 1.807) is 0 Å². The summed E-state index contributed by atoms with van der Waals surface area (Å²) in [6.45, 7) is 0. The van der Waals surface area contributed by atoms with E-state index in [1.807, 2.05) is 0 Å². The van der Waals surface area contributed by atoms with Crippen molar-refractivity contribution in [1.82, 2.24) is 4.98 Å². The molecule has 14 heavy (non-hydrogen) atoms. The highest BCUT2D eigenvalue weighted by Gasteiger charge is 2.32. The van der Waals surface area contributed by atoms with E-state index in [9.17, 15) is 18.1 Å². The molecule has 0 aromatic carbocycles. The van der Waals surface area contributed by atoms with Crippen molar-refractivity contribution in [1.29, 1.82) is 0 Å². The molecule has 1 unspecified atom stereocenters. The molecule has 1 rings (SSSR count). The molecule has 7 heteroatoms. The zero-order chi connectivity index (χ0) is 10.8. The minimum Gasteiger partial charge on any atom is -0.251 e. The van der Waals surface area contributed by atoms with Crippen LogP contribution < -0.4 is 0 Å². The molecule has 3 nitrogen and oxygen atoms in total. The molecule has 0 fully saturated rings. The lowest BCUT2D eigenvalue weighted by atomic mass is 10.2. The molecule has 0 aliphatic rings. The third kappa shape index (κ3) is 2.41. The van der Waals surface area contributed by atoms with E-state index in [-0.39, 0.29) is 5.56 Å². The Morgan fingerprint density at radius 3 is 2.43 bits per heavy atom. The fourth-order valence-corrected chi connectivity index (χ4v) is 0.904. The number of hydrogen-bond donors (Lipinski definition) is 0. The average Bonchev–Trinajstić information content (AvgIpc) is 2.15. The van der Waals surface area contributed by atoms with Crippen molar-refractivity contribution in [2.75, 3.05) is 0 Å². The minimum absolute atomic E-state index is 0.134. The number of hydrogen-bond acceptors (Lipinski definition) is 3. The summed E-state index contributed by atoms with van der Waals surface area (Å²) in [5.74, 6) is 0. The van der Waals surface area contributed by atoms with Gasteiger partial charge in [-0.3, -0.25) is 4.98 Å². The summed E-state index contributed by atoms with van der Waals surface area (Å²) in [5.41, 5.74) is -2.10. The fourth-order valence-electron chi connectivity index (χ4n) is 0.775. The highest BCUT2D eigenvalue weighted by atomic mass is 35.5. The molecule has 1 aromatic heterocycles. The predicted octanol–water partition coefficient (Wildman–Crippen LogP) is 3.10. The van der Waals surface area contributed by atoms with Crippen LogP contribution in [-0.4, -0.2) is 4.98 Å². The molecule has 1 heterocycles. The minimum atomic E-state index is -4.49. The van der Waals surface area contributed by atoms with E-state index in [2.05, 4.69) is 10.2 Å². The van der Waals surface area contributed by atoms with Gasteiger partial charge in [0.2, 0.25) is 0 Å². The molecular weight excluding hydrogens is 221 g/mol. The molecule has 0 amide bonds. The zero-order valence-electron chi connectivity index (χ0n) is 6.62. The van der Waals surface area contributed by atoms with Crippen LogP contribution in [0.4, 0.5) is 13.2 Å².